The molecule has 0 aliphatic carbocycles. The Morgan fingerprint density at radius 2 is 1.95 bits per heavy atom. The van der Waals surface area contributed by atoms with E-state index in [1.54, 1.807) is 0 Å². The van der Waals surface area contributed by atoms with Gasteiger partial charge in [-0.05, 0) is 24.1 Å². The number of alkyl halides is 3. The summed E-state index contributed by atoms with van der Waals surface area (Å²) in [6.07, 6.45) is -8.22. The molecule has 1 rings (SSSR count). The van der Waals surface area contributed by atoms with Crippen molar-refractivity contribution in [2.45, 2.75) is 31.7 Å². The largest absolute Gasteiger partial charge is 0.416 e. The van der Waals surface area contributed by atoms with Crippen molar-refractivity contribution in [3.8, 4) is 0 Å². The van der Waals surface area contributed by atoms with E-state index in [9.17, 15) is 28.2 Å². The Bertz CT molecular complexity index is 474. The molecule has 0 aliphatic heterocycles. The van der Waals surface area contributed by atoms with Crippen molar-refractivity contribution in [2.24, 2.45) is 5.73 Å². The van der Waals surface area contributed by atoms with Crippen molar-refractivity contribution < 1.29 is 28.2 Å². The zero-order chi connectivity index (χ0) is 14.8. The summed E-state index contributed by atoms with van der Waals surface area (Å²) in [6, 6.07) is 3.21. The van der Waals surface area contributed by atoms with Gasteiger partial charge in [0.15, 0.2) is 0 Å². The van der Waals surface area contributed by atoms with E-state index in [0.717, 1.165) is 6.07 Å². The van der Waals surface area contributed by atoms with Gasteiger partial charge in [0.05, 0.1) is 18.1 Å². The van der Waals surface area contributed by atoms with Crippen LogP contribution in [0.2, 0.25) is 0 Å². The molecular weight excluding hydrogens is 263 g/mol. The van der Waals surface area contributed by atoms with Gasteiger partial charge in [-0.25, -0.2) is 0 Å². The van der Waals surface area contributed by atoms with Gasteiger partial charge >= 0.3 is 6.18 Å². The molecule has 4 N–H and O–H groups in total. The van der Waals surface area contributed by atoms with Crippen LogP contribution in [-0.2, 0) is 11.0 Å². The fraction of sp³-hybridized carbons (Fsp3) is 0.417. The molecule has 2 atom stereocenters. The summed E-state index contributed by atoms with van der Waals surface area (Å²) in [6.45, 7) is 1.29. The Kier molecular flexibility index (Phi) is 4.54. The molecular formula is C12H14F3NO3. The normalized spacial score (nSPS) is 15.1. The van der Waals surface area contributed by atoms with Crippen LogP contribution < -0.4 is 5.73 Å². The minimum absolute atomic E-state index is 0.00726. The number of amides is 1. The first-order chi connectivity index (χ1) is 8.62. The molecule has 1 amide bonds. The lowest BCUT2D eigenvalue weighted by atomic mass is 9.97. The lowest BCUT2D eigenvalue weighted by Crippen LogP contribution is -2.26. The highest BCUT2D eigenvalue weighted by molar-refractivity contribution is 5.74. The maximum absolute atomic E-state index is 12.7. The maximum atomic E-state index is 12.7. The lowest BCUT2D eigenvalue weighted by molar-refractivity contribution is -0.138. The second-order valence-corrected chi connectivity index (χ2v) is 4.25. The van der Waals surface area contributed by atoms with Crippen LogP contribution >= 0.6 is 0 Å². The molecule has 1 aromatic carbocycles. The molecule has 19 heavy (non-hydrogen) atoms. The third-order valence-corrected chi connectivity index (χ3v) is 2.68. The van der Waals surface area contributed by atoms with Crippen molar-refractivity contribution in [2.75, 3.05) is 0 Å². The number of carbonyl (C=O) groups excluding carboxylic acids is 1. The molecule has 0 radical (unpaired) electrons. The molecule has 2 unspecified atom stereocenters. The van der Waals surface area contributed by atoms with E-state index in [4.69, 9.17) is 5.73 Å². The monoisotopic (exact) mass is 277 g/mol. The molecule has 7 heteroatoms. The molecule has 0 saturated heterocycles. The van der Waals surface area contributed by atoms with Crippen molar-refractivity contribution in [1.29, 1.82) is 0 Å². The minimum Gasteiger partial charge on any atom is -0.390 e. The summed E-state index contributed by atoms with van der Waals surface area (Å²) in [5.41, 5.74) is 3.84. The maximum Gasteiger partial charge on any atom is 0.416 e. The zero-order valence-corrected chi connectivity index (χ0v) is 10.1. The van der Waals surface area contributed by atoms with Crippen LogP contribution in [0.25, 0.3) is 0 Å². The van der Waals surface area contributed by atoms with Crippen molar-refractivity contribution in [3.05, 3.63) is 34.9 Å². The molecule has 4 nitrogen and oxygen atoms in total. The van der Waals surface area contributed by atoms with E-state index in [2.05, 4.69) is 0 Å². The SMILES string of the molecule is Cc1ccc(C(O)C(O)CC(N)=O)cc1C(F)(F)F. The van der Waals surface area contributed by atoms with Gasteiger partial charge in [-0.1, -0.05) is 12.1 Å². The molecule has 0 heterocycles. The minimum atomic E-state index is -4.55. The van der Waals surface area contributed by atoms with Crippen LogP contribution in [0, 0.1) is 6.92 Å². The fourth-order valence-electron chi connectivity index (χ4n) is 1.67. The first kappa shape index (κ1) is 15.5. The summed E-state index contributed by atoms with van der Waals surface area (Å²) in [7, 11) is 0. The number of carbonyl (C=O) groups is 1. The zero-order valence-electron chi connectivity index (χ0n) is 10.1. The molecule has 0 fully saturated rings. The second-order valence-electron chi connectivity index (χ2n) is 4.25. The van der Waals surface area contributed by atoms with Crippen LogP contribution in [0.4, 0.5) is 13.2 Å². The summed E-state index contributed by atoms with van der Waals surface area (Å²) in [4.78, 5) is 10.6. The van der Waals surface area contributed by atoms with Crippen molar-refractivity contribution >= 4 is 5.91 Å². The molecule has 0 saturated carbocycles. The molecule has 0 spiro atoms. The number of aryl methyl sites for hydroxylation is 1. The fourth-order valence-corrected chi connectivity index (χ4v) is 1.67. The van der Waals surface area contributed by atoms with Crippen molar-refractivity contribution in [3.63, 3.8) is 0 Å². The topological polar surface area (TPSA) is 83.6 Å². The Morgan fingerprint density at radius 1 is 1.37 bits per heavy atom. The third kappa shape index (κ3) is 3.93. The van der Waals surface area contributed by atoms with Gasteiger partial charge in [0.2, 0.25) is 5.91 Å². The third-order valence-electron chi connectivity index (χ3n) is 2.68. The average Bonchev–Trinajstić information content (AvgIpc) is 2.26. The van der Waals surface area contributed by atoms with Crippen LogP contribution in [-0.4, -0.2) is 22.2 Å². The highest BCUT2D eigenvalue weighted by atomic mass is 19.4. The molecule has 0 aliphatic rings. The highest BCUT2D eigenvalue weighted by Gasteiger charge is 2.33. The van der Waals surface area contributed by atoms with Gasteiger partial charge in [0.1, 0.15) is 6.10 Å². The van der Waals surface area contributed by atoms with Gasteiger partial charge in [0.25, 0.3) is 0 Å². The van der Waals surface area contributed by atoms with E-state index in [1.807, 2.05) is 0 Å². The van der Waals surface area contributed by atoms with Gasteiger partial charge in [0, 0.05) is 0 Å². The van der Waals surface area contributed by atoms with Crippen molar-refractivity contribution in [1.82, 2.24) is 0 Å². The number of aliphatic hydroxyl groups excluding tert-OH is 2. The lowest BCUT2D eigenvalue weighted by Gasteiger charge is -2.19. The summed E-state index contributed by atoms with van der Waals surface area (Å²) in [5.74, 6) is -0.852. The predicted molar refractivity (Wildman–Crippen MR) is 61.0 cm³/mol. The van der Waals surface area contributed by atoms with Gasteiger partial charge in [-0.2, -0.15) is 13.2 Å². The highest BCUT2D eigenvalue weighted by Crippen LogP contribution is 2.34. The Morgan fingerprint density at radius 3 is 2.42 bits per heavy atom. The van der Waals surface area contributed by atoms with Gasteiger partial charge < -0.3 is 15.9 Å². The first-order valence-corrected chi connectivity index (χ1v) is 5.45. The predicted octanol–water partition coefficient (Wildman–Crippen LogP) is 1.28. The standard InChI is InChI=1S/C12H14F3NO3/c1-6-2-3-7(4-8(6)12(13,14)15)11(19)9(17)5-10(16)18/h2-4,9,11,17,19H,5H2,1H3,(H2,16,18). The average molecular weight is 277 g/mol. The quantitative estimate of drug-likeness (QED) is 0.775. The van der Waals surface area contributed by atoms with Crippen LogP contribution in [0.5, 0.6) is 0 Å². The van der Waals surface area contributed by atoms with Gasteiger partial charge in [-0.15, -0.1) is 0 Å². The number of primary amides is 1. The summed E-state index contributed by atoms with van der Waals surface area (Å²) in [5, 5.41) is 19.2. The van der Waals surface area contributed by atoms with Gasteiger partial charge in [-0.3, -0.25) is 4.79 Å². The molecule has 1 aromatic rings. The molecule has 0 aromatic heterocycles. The Hall–Kier alpha value is -1.60. The van der Waals surface area contributed by atoms with E-state index < -0.39 is 36.3 Å². The molecule has 106 valence electrons. The summed E-state index contributed by atoms with van der Waals surface area (Å²) < 4.78 is 38.1. The summed E-state index contributed by atoms with van der Waals surface area (Å²) >= 11 is 0. The Labute approximate surface area is 107 Å². The van der Waals surface area contributed by atoms with Crippen LogP contribution in [0.15, 0.2) is 18.2 Å². The second kappa shape index (κ2) is 5.58. The first-order valence-electron chi connectivity index (χ1n) is 5.45. The number of rotatable bonds is 4. The van der Waals surface area contributed by atoms with Crippen LogP contribution in [0.1, 0.15) is 29.2 Å². The number of halogens is 3. The number of hydrogen-bond acceptors (Lipinski definition) is 3. The number of aliphatic hydroxyl groups is 2. The van der Waals surface area contributed by atoms with E-state index in [-0.39, 0.29) is 11.1 Å². The molecule has 0 bridgehead atoms. The van der Waals surface area contributed by atoms with E-state index in [1.165, 1.54) is 19.1 Å². The smallest absolute Gasteiger partial charge is 0.390 e. The van der Waals surface area contributed by atoms with E-state index in [0.29, 0.717) is 0 Å². The number of benzene rings is 1. The van der Waals surface area contributed by atoms with E-state index >= 15 is 0 Å². The van der Waals surface area contributed by atoms with Crippen LogP contribution in [0.3, 0.4) is 0 Å². The number of nitrogens with two attached hydrogens (primary N) is 1. The number of hydrogen-bond donors (Lipinski definition) is 3. The Balaban J connectivity index is 3.05.